The molecule has 2 rings (SSSR count). The molecule has 1 saturated heterocycles. The van der Waals surface area contributed by atoms with Crippen molar-refractivity contribution in [3.05, 3.63) is 35.4 Å². The van der Waals surface area contributed by atoms with Crippen molar-refractivity contribution in [2.75, 3.05) is 6.61 Å². The minimum Gasteiger partial charge on any atom is -0.370 e. The van der Waals surface area contributed by atoms with Gasteiger partial charge in [0.1, 0.15) is 6.10 Å². The molecule has 0 radical (unpaired) electrons. The number of benzene rings is 1. The van der Waals surface area contributed by atoms with Gasteiger partial charge in [-0.25, -0.2) is 0 Å². The van der Waals surface area contributed by atoms with E-state index < -0.39 is 0 Å². The molecule has 2 nitrogen and oxygen atoms in total. The second kappa shape index (κ2) is 4.58. The van der Waals surface area contributed by atoms with E-state index in [4.69, 9.17) is 4.74 Å². The van der Waals surface area contributed by atoms with Crippen molar-refractivity contribution in [2.24, 2.45) is 0 Å². The van der Waals surface area contributed by atoms with Crippen LogP contribution in [0.3, 0.4) is 0 Å². The monoisotopic (exact) mass is 204 g/mol. The van der Waals surface area contributed by atoms with Crippen molar-refractivity contribution in [2.45, 2.75) is 32.3 Å². The maximum absolute atomic E-state index is 12.0. The van der Waals surface area contributed by atoms with Crippen LogP contribution in [0, 0.1) is 6.92 Å². The standard InChI is InChI=1S/C13H16O2/c1-10-5-4-6-11(9-10)13(14)12-7-2-3-8-15-12/h4-6,9,12H,2-3,7-8H2,1H3. The van der Waals surface area contributed by atoms with Gasteiger partial charge in [-0.15, -0.1) is 0 Å². The fourth-order valence-electron chi connectivity index (χ4n) is 1.93. The Labute approximate surface area is 90.3 Å². The lowest BCUT2D eigenvalue weighted by Crippen LogP contribution is -2.28. The van der Waals surface area contributed by atoms with Crippen molar-refractivity contribution in [1.29, 1.82) is 0 Å². The SMILES string of the molecule is Cc1cccc(C(=O)C2CCCCO2)c1. The molecule has 1 fully saturated rings. The molecule has 1 heterocycles. The smallest absolute Gasteiger partial charge is 0.191 e. The quantitative estimate of drug-likeness (QED) is 0.692. The molecule has 1 aliphatic rings. The normalized spacial score (nSPS) is 21.3. The number of hydrogen-bond donors (Lipinski definition) is 0. The van der Waals surface area contributed by atoms with Gasteiger partial charge in [0.25, 0.3) is 0 Å². The van der Waals surface area contributed by atoms with Crippen molar-refractivity contribution in [1.82, 2.24) is 0 Å². The molecular weight excluding hydrogens is 188 g/mol. The van der Waals surface area contributed by atoms with Gasteiger partial charge < -0.3 is 4.74 Å². The molecule has 2 heteroatoms. The highest BCUT2D eigenvalue weighted by molar-refractivity contribution is 5.99. The second-order valence-electron chi connectivity index (χ2n) is 4.09. The topological polar surface area (TPSA) is 26.3 Å². The highest BCUT2D eigenvalue weighted by atomic mass is 16.5. The Hall–Kier alpha value is -1.15. The summed E-state index contributed by atoms with van der Waals surface area (Å²) in [6.07, 6.45) is 2.84. The van der Waals surface area contributed by atoms with Crippen LogP contribution in [0.5, 0.6) is 0 Å². The van der Waals surface area contributed by atoms with Crippen molar-refractivity contribution < 1.29 is 9.53 Å². The van der Waals surface area contributed by atoms with E-state index in [-0.39, 0.29) is 11.9 Å². The van der Waals surface area contributed by atoms with E-state index in [1.54, 1.807) is 0 Å². The molecule has 0 amide bonds. The summed E-state index contributed by atoms with van der Waals surface area (Å²) in [4.78, 5) is 12.0. The predicted octanol–water partition coefficient (Wildman–Crippen LogP) is 2.75. The summed E-state index contributed by atoms with van der Waals surface area (Å²) in [6.45, 7) is 2.72. The first-order valence-corrected chi connectivity index (χ1v) is 5.50. The van der Waals surface area contributed by atoms with Crippen LogP contribution < -0.4 is 0 Å². The minimum atomic E-state index is -0.208. The highest BCUT2D eigenvalue weighted by Crippen LogP contribution is 2.17. The van der Waals surface area contributed by atoms with Crippen LogP contribution in [0.25, 0.3) is 0 Å². The van der Waals surface area contributed by atoms with E-state index >= 15 is 0 Å². The van der Waals surface area contributed by atoms with Crippen LogP contribution in [-0.4, -0.2) is 18.5 Å². The molecule has 1 aromatic carbocycles. The van der Waals surface area contributed by atoms with Crippen LogP contribution in [0.1, 0.15) is 35.2 Å². The van der Waals surface area contributed by atoms with Crippen molar-refractivity contribution >= 4 is 5.78 Å². The van der Waals surface area contributed by atoms with Crippen LogP contribution in [0.2, 0.25) is 0 Å². The van der Waals surface area contributed by atoms with Gasteiger partial charge >= 0.3 is 0 Å². The van der Waals surface area contributed by atoms with E-state index in [1.165, 1.54) is 0 Å². The Morgan fingerprint density at radius 3 is 2.93 bits per heavy atom. The fraction of sp³-hybridized carbons (Fsp3) is 0.462. The Kier molecular flexibility index (Phi) is 3.17. The third-order valence-corrected chi connectivity index (χ3v) is 2.77. The van der Waals surface area contributed by atoms with Crippen molar-refractivity contribution in [3.63, 3.8) is 0 Å². The molecule has 0 aromatic heterocycles. The summed E-state index contributed by atoms with van der Waals surface area (Å²) in [6, 6.07) is 7.72. The molecule has 0 N–H and O–H groups in total. The molecule has 0 aliphatic carbocycles. The number of rotatable bonds is 2. The van der Waals surface area contributed by atoms with E-state index in [0.29, 0.717) is 0 Å². The number of carbonyl (C=O) groups excluding carboxylic acids is 1. The lowest BCUT2D eigenvalue weighted by Gasteiger charge is -2.21. The molecule has 15 heavy (non-hydrogen) atoms. The molecule has 1 atom stereocenters. The maximum Gasteiger partial charge on any atom is 0.191 e. The maximum atomic E-state index is 12.0. The third-order valence-electron chi connectivity index (χ3n) is 2.77. The molecule has 1 unspecified atom stereocenters. The first kappa shape index (κ1) is 10.4. The lowest BCUT2D eigenvalue weighted by molar-refractivity contribution is 0.0186. The van der Waals surface area contributed by atoms with E-state index in [1.807, 2.05) is 31.2 Å². The average molecular weight is 204 g/mol. The molecule has 1 aromatic rings. The summed E-state index contributed by atoms with van der Waals surface area (Å²) in [5, 5.41) is 0. The number of aryl methyl sites for hydroxylation is 1. The van der Waals surface area contributed by atoms with Gasteiger partial charge in [0.05, 0.1) is 0 Å². The van der Waals surface area contributed by atoms with Gasteiger partial charge in [0, 0.05) is 12.2 Å². The summed E-state index contributed by atoms with van der Waals surface area (Å²) < 4.78 is 5.48. The van der Waals surface area contributed by atoms with E-state index in [2.05, 4.69) is 0 Å². The first-order valence-electron chi connectivity index (χ1n) is 5.50. The third kappa shape index (κ3) is 2.45. The Morgan fingerprint density at radius 1 is 1.40 bits per heavy atom. The number of carbonyl (C=O) groups is 1. The number of ketones is 1. The van der Waals surface area contributed by atoms with Crippen molar-refractivity contribution in [3.8, 4) is 0 Å². The van der Waals surface area contributed by atoms with Gasteiger partial charge in [0.2, 0.25) is 0 Å². The highest BCUT2D eigenvalue weighted by Gasteiger charge is 2.22. The molecule has 0 spiro atoms. The largest absolute Gasteiger partial charge is 0.370 e. The fourth-order valence-corrected chi connectivity index (χ4v) is 1.93. The number of Topliss-reactive ketones (excluding diaryl/α,β-unsaturated/α-hetero) is 1. The van der Waals surface area contributed by atoms with Gasteiger partial charge in [-0.05, 0) is 32.3 Å². The summed E-state index contributed by atoms with van der Waals surface area (Å²) in [5.74, 6) is 0.137. The van der Waals surface area contributed by atoms with E-state index in [0.717, 1.165) is 37.0 Å². The second-order valence-corrected chi connectivity index (χ2v) is 4.09. The molecule has 80 valence electrons. The number of hydrogen-bond acceptors (Lipinski definition) is 2. The molecular formula is C13H16O2. The molecule has 0 bridgehead atoms. The van der Waals surface area contributed by atoms with Gasteiger partial charge in [-0.1, -0.05) is 23.8 Å². The number of ether oxygens (including phenoxy) is 1. The first-order chi connectivity index (χ1) is 7.27. The summed E-state index contributed by atoms with van der Waals surface area (Å²) in [5.41, 5.74) is 1.90. The Balaban J connectivity index is 2.12. The van der Waals surface area contributed by atoms with Crippen LogP contribution in [0.15, 0.2) is 24.3 Å². The van der Waals surface area contributed by atoms with Gasteiger partial charge in [-0.3, -0.25) is 4.79 Å². The summed E-state index contributed by atoms with van der Waals surface area (Å²) in [7, 11) is 0. The van der Waals surface area contributed by atoms with Gasteiger partial charge in [0.15, 0.2) is 5.78 Å². The predicted molar refractivity (Wildman–Crippen MR) is 59.1 cm³/mol. The van der Waals surface area contributed by atoms with Gasteiger partial charge in [-0.2, -0.15) is 0 Å². The Bertz CT molecular complexity index is 351. The van der Waals surface area contributed by atoms with E-state index in [9.17, 15) is 4.79 Å². The van der Waals surface area contributed by atoms with Crippen LogP contribution in [0.4, 0.5) is 0 Å². The Morgan fingerprint density at radius 2 is 2.27 bits per heavy atom. The average Bonchev–Trinajstić information content (AvgIpc) is 2.29. The minimum absolute atomic E-state index is 0.137. The van der Waals surface area contributed by atoms with Crippen LogP contribution >= 0.6 is 0 Å². The molecule has 0 saturated carbocycles. The zero-order valence-electron chi connectivity index (χ0n) is 9.03. The zero-order valence-corrected chi connectivity index (χ0v) is 9.03. The lowest BCUT2D eigenvalue weighted by atomic mass is 9.99. The molecule has 1 aliphatic heterocycles. The summed E-state index contributed by atoms with van der Waals surface area (Å²) >= 11 is 0. The zero-order chi connectivity index (χ0) is 10.7. The van der Waals surface area contributed by atoms with Crippen LogP contribution in [-0.2, 0) is 4.74 Å².